The second-order valence-electron chi connectivity index (χ2n) is 10.4. The lowest BCUT2D eigenvalue weighted by molar-refractivity contribution is -0.699. The van der Waals surface area contributed by atoms with Crippen molar-refractivity contribution in [3.8, 4) is 11.5 Å². The number of phenolic OH excluding ortho intramolecular Hbond substituents is 1. The van der Waals surface area contributed by atoms with Crippen LogP contribution in [0.2, 0.25) is 5.02 Å². The average molecular weight is 567 g/mol. The molecule has 0 radical (unpaired) electrons. The van der Waals surface area contributed by atoms with Gasteiger partial charge in [0.2, 0.25) is 5.69 Å². The SMILES string of the molecule is Oc1cccc(/C=C/c2cccc[n+]2CCCCCCCCCCOc2ccc(/C=C/c3ccc(Cl)cc3)cc2)c1. The molecule has 0 aliphatic heterocycles. The number of aromatic hydroxyl groups is 1. The summed E-state index contributed by atoms with van der Waals surface area (Å²) in [5.41, 5.74) is 4.46. The Balaban J connectivity index is 1.03. The van der Waals surface area contributed by atoms with Gasteiger partial charge in [-0.15, -0.1) is 0 Å². The molecule has 3 aromatic carbocycles. The molecule has 0 aliphatic carbocycles. The quantitative estimate of drug-likeness (QED) is 0.0831. The summed E-state index contributed by atoms with van der Waals surface area (Å²) < 4.78 is 8.25. The van der Waals surface area contributed by atoms with Crippen LogP contribution in [0.3, 0.4) is 0 Å². The highest BCUT2D eigenvalue weighted by Crippen LogP contribution is 2.17. The van der Waals surface area contributed by atoms with E-state index in [0.717, 1.165) is 47.0 Å². The van der Waals surface area contributed by atoms with Gasteiger partial charge >= 0.3 is 0 Å². The summed E-state index contributed by atoms with van der Waals surface area (Å²) in [7, 11) is 0. The van der Waals surface area contributed by atoms with E-state index in [4.69, 9.17) is 16.3 Å². The molecule has 1 heterocycles. The number of rotatable bonds is 16. The number of ether oxygens (including phenoxy) is 1. The van der Waals surface area contributed by atoms with Crippen LogP contribution in [0.15, 0.2) is 97.2 Å². The van der Waals surface area contributed by atoms with Crippen molar-refractivity contribution in [3.05, 3.63) is 125 Å². The highest BCUT2D eigenvalue weighted by atomic mass is 35.5. The Morgan fingerprint density at radius 1 is 0.610 bits per heavy atom. The zero-order valence-corrected chi connectivity index (χ0v) is 24.6. The van der Waals surface area contributed by atoms with E-state index in [-0.39, 0.29) is 0 Å². The van der Waals surface area contributed by atoms with Gasteiger partial charge in [0.05, 0.1) is 6.61 Å². The van der Waals surface area contributed by atoms with E-state index < -0.39 is 0 Å². The molecule has 0 spiro atoms. The maximum Gasteiger partial charge on any atom is 0.205 e. The Bertz CT molecular complexity index is 1380. The summed E-state index contributed by atoms with van der Waals surface area (Å²) in [6, 6.07) is 29.7. The van der Waals surface area contributed by atoms with Crippen LogP contribution in [0.25, 0.3) is 24.3 Å². The van der Waals surface area contributed by atoms with Gasteiger partial charge < -0.3 is 9.84 Å². The van der Waals surface area contributed by atoms with Gasteiger partial charge in [-0.05, 0) is 78.1 Å². The van der Waals surface area contributed by atoms with Crippen molar-refractivity contribution in [1.29, 1.82) is 0 Å². The minimum Gasteiger partial charge on any atom is -0.508 e. The Morgan fingerprint density at radius 3 is 1.95 bits per heavy atom. The number of unbranched alkanes of at least 4 members (excludes halogenated alkanes) is 7. The van der Waals surface area contributed by atoms with Crippen molar-refractivity contribution >= 4 is 35.9 Å². The fourth-order valence-electron chi connectivity index (χ4n) is 4.73. The van der Waals surface area contributed by atoms with E-state index in [1.165, 1.54) is 50.6 Å². The summed E-state index contributed by atoms with van der Waals surface area (Å²) in [4.78, 5) is 0. The van der Waals surface area contributed by atoms with Crippen LogP contribution in [0.5, 0.6) is 11.5 Å². The van der Waals surface area contributed by atoms with Gasteiger partial charge in [-0.1, -0.05) is 92.3 Å². The lowest BCUT2D eigenvalue weighted by atomic mass is 10.1. The van der Waals surface area contributed by atoms with Crippen molar-refractivity contribution in [2.45, 2.75) is 57.9 Å². The summed E-state index contributed by atoms with van der Waals surface area (Å²) in [5.74, 6) is 1.23. The molecule has 41 heavy (non-hydrogen) atoms. The normalized spacial score (nSPS) is 11.4. The van der Waals surface area contributed by atoms with Crippen LogP contribution < -0.4 is 9.30 Å². The Morgan fingerprint density at radius 2 is 1.24 bits per heavy atom. The van der Waals surface area contributed by atoms with E-state index in [9.17, 15) is 5.11 Å². The standard InChI is InChI=1S/C37H40ClNO2/c38-34-22-17-31(18-23-34)15-16-32-20-25-37(26-21-32)41-29-10-6-4-2-1-3-5-8-27-39-28-9-7-13-35(39)24-19-33-12-11-14-36(40)30-33/h7,9,11-26,28,30H,1-6,8,10,27,29H2/p+1/b16-15+,24-19+. The number of aryl methyl sites for hydroxylation is 1. The minimum absolute atomic E-state index is 0.294. The van der Waals surface area contributed by atoms with Crippen LogP contribution >= 0.6 is 11.6 Å². The Kier molecular flexibility index (Phi) is 12.6. The molecule has 0 aliphatic rings. The van der Waals surface area contributed by atoms with Crippen LogP contribution in [0, 0.1) is 0 Å². The number of pyridine rings is 1. The predicted molar refractivity (Wildman–Crippen MR) is 173 cm³/mol. The molecule has 0 atom stereocenters. The Labute approximate surface area is 250 Å². The van der Waals surface area contributed by atoms with Crippen molar-refractivity contribution in [1.82, 2.24) is 0 Å². The summed E-state index contributed by atoms with van der Waals surface area (Å²) in [5, 5.41) is 10.4. The molecule has 1 aromatic heterocycles. The van der Waals surface area contributed by atoms with E-state index >= 15 is 0 Å². The molecular weight excluding hydrogens is 526 g/mol. The van der Waals surface area contributed by atoms with E-state index in [0.29, 0.717) is 5.75 Å². The van der Waals surface area contributed by atoms with Crippen molar-refractivity contribution in [2.75, 3.05) is 6.61 Å². The average Bonchev–Trinajstić information content (AvgIpc) is 2.99. The maximum absolute atomic E-state index is 9.67. The largest absolute Gasteiger partial charge is 0.508 e. The monoisotopic (exact) mass is 566 g/mol. The molecule has 4 rings (SSSR count). The first kappa shape index (κ1) is 30.1. The molecule has 0 fully saturated rings. The van der Waals surface area contributed by atoms with Crippen LogP contribution in [0.1, 0.15) is 73.8 Å². The minimum atomic E-state index is 0.294. The van der Waals surface area contributed by atoms with E-state index in [2.05, 4.69) is 65.4 Å². The number of hydrogen-bond donors (Lipinski definition) is 1. The summed E-state index contributed by atoms with van der Waals surface area (Å²) >= 11 is 5.95. The van der Waals surface area contributed by atoms with Crippen molar-refractivity contribution in [3.63, 3.8) is 0 Å². The summed E-state index contributed by atoms with van der Waals surface area (Å²) in [6.45, 7) is 1.80. The van der Waals surface area contributed by atoms with Gasteiger partial charge in [-0.2, -0.15) is 4.57 Å². The maximum atomic E-state index is 9.67. The number of phenols is 1. The first-order valence-corrected chi connectivity index (χ1v) is 15.2. The van der Waals surface area contributed by atoms with Crippen LogP contribution in [-0.4, -0.2) is 11.7 Å². The smallest absolute Gasteiger partial charge is 0.205 e. The highest BCUT2D eigenvalue weighted by molar-refractivity contribution is 6.30. The third-order valence-electron chi connectivity index (χ3n) is 7.07. The lowest BCUT2D eigenvalue weighted by Gasteiger charge is -2.06. The number of benzene rings is 3. The molecule has 0 saturated heterocycles. The molecule has 0 saturated carbocycles. The molecule has 0 bridgehead atoms. The second kappa shape index (κ2) is 17.1. The zero-order chi connectivity index (χ0) is 28.5. The molecule has 1 N–H and O–H groups in total. The van der Waals surface area contributed by atoms with Gasteiger partial charge in [-0.25, -0.2) is 0 Å². The molecular formula is C37H41ClNO2+. The van der Waals surface area contributed by atoms with Crippen LogP contribution in [0.4, 0.5) is 0 Å². The number of nitrogens with zero attached hydrogens (tertiary/aromatic N) is 1. The van der Waals surface area contributed by atoms with Gasteiger partial charge in [0, 0.05) is 29.7 Å². The topological polar surface area (TPSA) is 33.3 Å². The van der Waals surface area contributed by atoms with Gasteiger partial charge in [0.15, 0.2) is 6.20 Å². The zero-order valence-electron chi connectivity index (χ0n) is 23.8. The number of hydrogen-bond acceptors (Lipinski definition) is 2. The molecule has 0 unspecified atom stereocenters. The predicted octanol–water partition coefficient (Wildman–Crippen LogP) is 9.87. The van der Waals surface area contributed by atoms with E-state index in [1.54, 1.807) is 12.1 Å². The van der Waals surface area contributed by atoms with Gasteiger partial charge in [0.1, 0.15) is 18.0 Å². The van der Waals surface area contributed by atoms with Gasteiger partial charge in [0.25, 0.3) is 0 Å². The Hall–Kier alpha value is -3.82. The molecule has 3 nitrogen and oxygen atoms in total. The first-order valence-electron chi connectivity index (χ1n) is 14.8. The molecule has 0 amide bonds. The fraction of sp³-hybridized carbons (Fsp3) is 0.270. The van der Waals surface area contributed by atoms with Crippen LogP contribution in [-0.2, 0) is 6.54 Å². The number of halogens is 1. The van der Waals surface area contributed by atoms with Crippen molar-refractivity contribution in [2.24, 2.45) is 0 Å². The van der Waals surface area contributed by atoms with Crippen molar-refractivity contribution < 1.29 is 14.4 Å². The number of aromatic nitrogens is 1. The molecule has 212 valence electrons. The lowest BCUT2D eigenvalue weighted by Crippen LogP contribution is -2.36. The molecule has 4 heteroatoms. The second-order valence-corrected chi connectivity index (χ2v) is 10.8. The highest BCUT2D eigenvalue weighted by Gasteiger charge is 2.06. The third kappa shape index (κ3) is 11.3. The van der Waals surface area contributed by atoms with Gasteiger partial charge in [-0.3, -0.25) is 0 Å². The summed E-state index contributed by atoms with van der Waals surface area (Å²) in [6.07, 6.45) is 20.4. The van der Waals surface area contributed by atoms with E-state index in [1.807, 2.05) is 48.5 Å². The first-order chi connectivity index (χ1) is 20.2. The third-order valence-corrected chi connectivity index (χ3v) is 7.32. The fourth-order valence-corrected chi connectivity index (χ4v) is 4.86. The molecule has 4 aromatic rings.